The smallest absolute Gasteiger partial charge is 0.274 e. The molecule has 0 saturated carbocycles. The van der Waals surface area contributed by atoms with Crippen LogP contribution in [0.25, 0.3) is 0 Å². The summed E-state index contributed by atoms with van der Waals surface area (Å²) in [4.78, 5) is 31.3. The number of carbonyl (C=O) groups is 2. The van der Waals surface area contributed by atoms with Crippen LogP contribution in [0.2, 0.25) is 0 Å². The van der Waals surface area contributed by atoms with Gasteiger partial charge in [-0.15, -0.1) is 0 Å². The number of morpholine rings is 1. The minimum absolute atomic E-state index is 0.0297. The summed E-state index contributed by atoms with van der Waals surface area (Å²) in [6, 6.07) is 15.0. The lowest BCUT2D eigenvalue weighted by molar-refractivity contribution is -0.117. The predicted molar refractivity (Wildman–Crippen MR) is 139 cm³/mol. The number of ether oxygens (including phenoxy) is 1. The van der Waals surface area contributed by atoms with Crippen LogP contribution < -0.4 is 15.1 Å². The van der Waals surface area contributed by atoms with Crippen LogP contribution in [-0.4, -0.2) is 63.2 Å². The molecule has 1 N–H and O–H groups in total. The van der Waals surface area contributed by atoms with Gasteiger partial charge in [-0.1, -0.05) is 12.2 Å². The molecule has 0 spiro atoms. The molecule has 0 radical (unpaired) electrons. The topological polar surface area (TPSA) is 89.8 Å². The molecule has 2 aromatic rings. The number of benzene rings is 2. The normalized spacial score (nSPS) is 19.0. The van der Waals surface area contributed by atoms with Crippen LogP contribution in [0.1, 0.15) is 12.8 Å². The van der Waals surface area contributed by atoms with Gasteiger partial charge in [-0.2, -0.15) is 10.2 Å². The minimum atomic E-state index is -0.0297. The van der Waals surface area contributed by atoms with Gasteiger partial charge in [0.2, 0.25) is 0 Å². The minimum Gasteiger partial charge on any atom is -0.384 e. The Morgan fingerprint density at radius 3 is 1.81 bits per heavy atom. The van der Waals surface area contributed by atoms with Crippen molar-refractivity contribution in [2.75, 3.05) is 56.2 Å². The number of hydrogen-bond acceptors (Lipinski definition) is 7. The van der Waals surface area contributed by atoms with E-state index < -0.39 is 0 Å². The van der Waals surface area contributed by atoms with Crippen molar-refractivity contribution < 1.29 is 14.3 Å². The highest BCUT2D eigenvalue weighted by Crippen LogP contribution is 2.28. The van der Waals surface area contributed by atoms with Crippen molar-refractivity contribution in [1.29, 1.82) is 0 Å². The number of azo groups is 1. The average Bonchev–Trinajstić information content (AvgIpc) is 2.93. The van der Waals surface area contributed by atoms with Crippen LogP contribution in [-0.2, 0) is 14.3 Å². The Hall–Kier alpha value is -3.98. The van der Waals surface area contributed by atoms with Crippen LogP contribution in [0.15, 0.2) is 82.3 Å². The third kappa shape index (κ3) is 5.01. The molecule has 2 aromatic carbocycles. The third-order valence-corrected chi connectivity index (χ3v) is 6.56. The Morgan fingerprint density at radius 1 is 0.722 bits per heavy atom. The largest absolute Gasteiger partial charge is 0.384 e. The molecular weight excluding hydrogens is 456 g/mol. The molecule has 36 heavy (non-hydrogen) atoms. The molecule has 186 valence electrons. The molecule has 1 saturated heterocycles. The van der Waals surface area contributed by atoms with E-state index >= 15 is 0 Å². The van der Waals surface area contributed by atoms with Gasteiger partial charge < -0.3 is 24.8 Å². The highest BCUT2D eigenvalue weighted by Gasteiger charge is 2.28. The van der Waals surface area contributed by atoms with E-state index in [9.17, 15) is 9.59 Å². The molecular formula is C27H30N6O3. The second kappa shape index (κ2) is 10.7. The van der Waals surface area contributed by atoms with Gasteiger partial charge in [-0.3, -0.25) is 9.59 Å². The van der Waals surface area contributed by atoms with E-state index in [1.807, 2.05) is 65.6 Å². The van der Waals surface area contributed by atoms with E-state index in [-0.39, 0.29) is 11.8 Å². The Balaban J connectivity index is 1.22. The van der Waals surface area contributed by atoms with Crippen molar-refractivity contribution in [3.63, 3.8) is 0 Å². The fourth-order valence-corrected chi connectivity index (χ4v) is 4.61. The van der Waals surface area contributed by atoms with E-state index in [1.165, 1.54) is 0 Å². The number of carbonyl (C=O) groups excluding carboxylic acids is 2. The lowest BCUT2D eigenvalue weighted by Gasteiger charge is -2.35. The molecule has 0 atom stereocenters. The molecule has 0 bridgehead atoms. The Bertz CT molecular complexity index is 1200. The van der Waals surface area contributed by atoms with E-state index in [4.69, 9.17) is 4.74 Å². The molecule has 0 unspecified atom stereocenters. The van der Waals surface area contributed by atoms with Gasteiger partial charge in [0.15, 0.2) is 0 Å². The first-order valence-electron chi connectivity index (χ1n) is 12.3. The monoisotopic (exact) mass is 486 g/mol. The molecule has 3 aliphatic rings. The average molecular weight is 487 g/mol. The number of nitrogens with one attached hydrogen (secondary N) is 1. The quantitative estimate of drug-likeness (QED) is 0.626. The zero-order valence-electron chi connectivity index (χ0n) is 20.4. The van der Waals surface area contributed by atoms with Gasteiger partial charge in [0.1, 0.15) is 0 Å². The van der Waals surface area contributed by atoms with E-state index in [0.29, 0.717) is 43.4 Å². The number of hydrogen-bond donors (Lipinski definition) is 1. The van der Waals surface area contributed by atoms with Crippen LogP contribution in [0.4, 0.5) is 22.7 Å². The summed E-state index contributed by atoms with van der Waals surface area (Å²) < 4.78 is 5.42. The van der Waals surface area contributed by atoms with Crippen molar-refractivity contribution in [1.82, 2.24) is 10.2 Å². The second-order valence-corrected chi connectivity index (χ2v) is 8.78. The van der Waals surface area contributed by atoms with Crippen molar-refractivity contribution >= 4 is 34.6 Å². The molecule has 1 fully saturated rings. The van der Waals surface area contributed by atoms with E-state index in [2.05, 4.69) is 20.4 Å². The van der Waals surface area contributed by atoms with Crippen LogP contribution in [0, 0.1) is 0 Å². The van der Waals surface area contributed by atoms with Crippen molar-refractivity contribution in [3.05, 3.63) is 72.1 Å². The van der Waals surface area contributed by atoms with Gasteiger partial charge >= 0.3 is 0 Å². The van der Waals surface area contributed by atoms with Gasteiger partial charge in [0.25, 0.3) is 11.8 Å². The lowest BCUT2D eigenvalue weighted by Crippen LogP contribution is -2.45. The van der Waals surface area contributed by atoms with Gasteiger partial charge in [0.05, 0.1) is 36.0 Å². The summed E-state index contributed by atoms with van der Waals surface area (Å²) in [7, 11) is 1.76. The number of likely N-dealkylation sites (N-methyl/N-ethyl adjacent to an activating group) is 1. The lowest BCUT2D eigenvalue weighted by atomic mass is 10.1. The number of nitrogens with zero attached hydrogens (tertiary/aromatic N) is 5. The van der Waals surface area contributed by atoms with Crippen LogP contribution in [0.5, 0.6) is 0 Å². The highest BCUT2D eigenvalue weighted by molar-refractivity contribution is 6.06. The van der Waals surface area contributed by atoms with Crippen molar-refractivity contribution in [2.45, 2.75) is 12.8 Å². The molecule has 0 aliphatic carbocycles. The fourth-order valence-electron chi connectivity index (χ4n) is 4.61. The molecule has 2 amide bonds. The molecule has 3 aliphatic heterocycles. The predicted octanol–water partition coefficient (Wildman–Crippen LogP) is 3.89. The maximum Gasteiger partial charge on any atom is 0.274 e. The molecule has 9 heteroatoms. The zero-order chi connectivity index (χ0) is 24.9. The fraction of sp³-hybridized carbons (Fsp3) is 0.333. The maximum atomic E-state index is 13.1. The third-order valence-electron chi connectivity index (χ3n) is 6.56. The number of anilines is 2. The number of rotatable bonds is 6. The second-order valence-electron chi connectivity index (χ2n) is 8.78. The summed E-state index contributed by atoms with van der Waals surface area (Å²) in [5.41, 5.74) is 4.47. The first-order chi connectivity index (χ1) is 17.6. The number of amides is 2. The van der Waals surface area contributed by atoms with Crippen LogP contribution in [0.3, 0.4) is 0 Å². The molecule has 9 nitrogen and oxygen atoms in total. The van der Waals surface area contributed by atoms with Crippen molar-refractivity contribution in [2.24, 2.45) is 10.2 Å². The standard InChI is InChI=1S/C27H30N6O3/c1-28-24-4-2-14-32(26(24)34)22-10-6-20(7-11-22)29-30-21-8-12-23(13-9-21)33-15-3-5-25(27(33)35)31-16-18-36-19-17-31/h4-13,28H,2-3,14-19H2,1H3. The van der Waals surface area contributed by atoms with Crippen LogP contribution >= 0.6 is 0 Å². The van der Waals surface area contributed by atoms with Gasteiger partial charge in [-0.25, -0.2) is 0 Å². The van der Waals surface area contributed by atoms with E-state index in [0.717, 1.165) is 43.0 Å². The summed E-state index contributed by atoms with van der Waals surface area (Å²) in [6.07, 6.45) is 5.60. The van der Waals surface area contributed by atoms with Crippen molar-refractivity contribution in [3.8, 4) is 0 Å². The summed E-state index contributed by atoms with van der Waals surface area (Å²) >= 11 is 0. The molecule has 5 rings (SSSR count). The molecule has 0 aromatic heterocycles. The Labute approximate surface area is 210 Å². The SMILES string of the molecule is CNC1=CCCN(c2ccc(N=Nc3ccc(N4CCC=C(N5CCOCC5)C4=O)cc3)cc2)C1=O. The molecule has 3 heterocycles. The Kier molecular flexibility index (Phi) is 7.08. The summed E-state index contributed by atoms with van der Waals surface area (Å²) in [5.74, 6) is 0.0000852. The summed E-state index contributed by atoms with van der Waals surface area (Å²) in [6.45, 7) is 4.10. The van der Waals surface area contributed by atoms with Gasteiger partial charge in [0, 0.05) is 44.6 Å². The van der Waals surface area contributed by atoms with E-state index in [1.54, 1.807) is 11.9 Å². The highest BCUT2D eigenvalue weighted by atomic mass is 16.5. The summed E-state index contributed by atoms with van der Waals surface area (Å²) in [5, 5.41) is 11.6. The first kappa shape index (κ1) is 23.7. The first-order valence-corrected chi connectivity index (χ1v) is 12.3. The van der Waals surface area contributed by atoms with Gasteiger partial charge in [-0.05, 0) is 61.4 Å². The maximum absolute atomic E-state index is 13.1. The zero-order valence-corrected chi connectivity index (χ0v) is 20.4. The Morgan fingerprint density at radius 2 is 1.25 bits per heavy atom.